The molecule has 0 atom stereocenters. The number of piperazine rings is 1. The van der Waals surface area contributed by atoms with Gasteiger partial charge in [0, 0.05) is 45.8 Å². The number of amides is 1. The zero-order valence-electron chi connectivity index (χ0n) is 13.1. The number of hydrogen-bond donors (Lipinski definition) is 1. The van der Waals surface area contributed by atoms with Crippen LogP contribution in [0.15, 0.2) is 29.2 Å². The molecule has 1 aromatic carbocycles. The third-order valence-corrected chi connectivity index (χ3v) is 5.49. The van der Waals surface area contributed by atoms with Gasteiger partial charge in [0.05, 0.1) is 4.90 Å². The molecule has 1 aliphatic heterocycles. The van der Waals surface area contributed by atoms with Crippen molar-refractivity contribution in [3.05, 3.63) is 29.8 Å². The predicted octanol–water partition coefficient (Wildman–Crippen LogP) is -0.171. The number of carbonyl (C=O) groups is 1. The highest BCUT2D eigenvalue weighted by molar-refractivity contribution is 7.89. The van der Waals surface area contributed by atoms with Gasteiger partial charge in [0.25, 0.3) is 5.91 Å². The first-order valence-electron chi connectivity index (χ1n) is 7.08. The first-order chi connectivity index (χ1) is 10.3. The van der Waals surface area contributed by atoms with E-state index in [1.165, 1.54) is 38.4 Å². The Bertz CT molecular complexity index is 620. The summed E-state index contributed by atoms with van der Waals surface area (Å²) in [5, 5.41) is 1.88. The molecule has 22 heavy (non-hydrogen) atoms. The standard InChI is InChI=1S/C14H22N4O3S/c1-16(2)22(20,21)13-6-4-12(5-7-13)14(19)15-18-10-8-17(3)9-11-18/h4-7H,8-11H2,1-3H3,(H,15,19). The Morgan fingerprint density at radius 1 is 1.09 bits per heavy atom. The fourth-order valence-electron chi connectivity index (χ4n) is 2.12. The third-order valence-electron chi connectivity index (χ3n) is 3.66. The molecule has 1 amide bonds. The van der Waals surface area contributed by atoms with E-state index in [0.717, 1.165) is 30.5 Å². The van der Waals surface area contributed by atoms with Gasteiger partial charge >= 0.3 is 0 Å². The molecule has 0 aliphatic carbocycles. The van der Waals surface area contributed by atoms with Crippen LogP contribution in [-0.2, 0) is 10.0 Å². The summed E-state index contributed by atoms with van der Waals surface area (Å²) in [6.45, 7) is 3.35. The molecule has 1 N–H and O–H groups in total. The molecule has 0 bridgehead atoms. The Balaban J connectivity index is 2.03. The maximum atomic E-state index is 12.2. The van der Waals surface area contributed by atoms with Crippen LogP contribution in [0.2, 0.25) is 0 Å². The van der Waals surface area contributed by atoms with Crippen molar-refractivity contribution in [2.24, 2.45) is 0 Å². The maximum absolute atomic E-state index is 12.2. The van der Waals surface area contributed by atoms with Crippen molar-refractivity contribution in [1.29, 1.82) is 0 Å². The van der Waals surface area contributed by atoms with Crippen molar-refractivity contribution in [3.8, 4) is 0 Å². The number of nitrogens with zero attached hydrogens (tertiary/aromatic N) is 3. The fourth-order valence-corrected chi connectivity index (χ4v) is 3.02. The number of sulfonamides is 1. The second-order valence-electron chi connectivity index (χ2n) is 5.54. The van der Waals surface area contributed by atoms with E-state index < -0.39 is 10.0 Å². The molecule has 0 aromatic heterocycles. The van der Waals surface area contributed by atoms with E-state index in [2.05, 4.69) is 10.3 Å². The summed E-state index contributed by atoms with van der Waals surface area (Å²) in [5.41, 5.74) is 3.29. The highest BCUT2D eigenvalue weighted by Crippen LogP contribution is 2.14. The van der Waals surface area contributed by atoms with Crippen molar-refractivity contribution in [2.45, 2.75) is 4.90 Å². The summed E-state index contributed by atoms with van der Waals surface area (Å²) in [6.07, 6.45) is 0. The lowest BCUT2D eigenvalue weighted by Crippen LogP contribution is -2.52. The number of carbonyl (C=O) groups excluding carboxylic acids is 1. The molecule has 0 unspecified atom stereocenters. The van der Waals surface area contributed by atoms with E-state index in [0.29, 0.717) is 5.56 Å². The van der Waals surface area contributed by atoms with Crippen LogP contribution >= 0.6 is 0 Å². The normalized spacial score (nSPS) is 17.6. The zero-order valence-corrected chi connectivity index (χ0v) is 13.9. The average molecular weight is 326 g/mol. The molecule has 122 valence electrons. The minimum Gasteiger partial charge on any atom is -0.304 e. The predicted molar refractivity (Wildman–Crippen MR) is 83.9 cm³/mol. The quantitative estimate of drug-likeness (QED) is 0.832. The molecule has 1 saturated heterocycles. The summed E-state index contributed by atoms with van der Waals surface area (Å²) < 4.78 is 25.1. The lowest BCUT2D eigenvalue weighted by Gasteiger charge is -2.32. The molecular formula is C14H22N4O3S. The molecule has 1 heterocycles. The Kier molecular flexibility index (Phi) is 5.17. The van der Waals surface area contributed by atoms with Crippen LogP contribution in [0, 0.1) is 0 Å². The van der Waals surface area contributed by atoms with Crippen LogP contribution in [0.4, 0.5) is 0 Å². The Morgan fingerprint density at radius 3 is 2.14 bits per heavy atom. The van der Waals surface area contributed by atoms with Crippen LogP contribution in [0.5, 0.6) is 0 Å². The molecule has 1 aromatic rings. The fraction of sp³-hybridized carbons (Fsp3) is 0.500. The summed E-state index contributed by atoms with van der Waals surface area (Å²) >= 11 is 0. The highest BCUT2D eigenvalue weighted by atomic mass is 32.2. The van der Waals surface area contributed by atoms with Crippen LogP contribution in [0.1, 0.15) is 10.4 Å². The first-order valence-corrected chi connectivity index (χ1v) is 8.52. The average Bonchev–Trinajstić information content (AvgIpc) is 2.49. The second kappa shape index (κ2) is 6.74. The summed E-state index contributed by atoms with van der Waals surface area (Å²) in [5.74, 6) is -0.224. The minimum absolute atomic E-state index is 0.175. The molecule has 0 spiro atoms. The van der Waals surface area contributed by atoms with Crippen molar-refractivity contribution >= 4 is 15.9 Å². The van der Waals surface area contributed by atoms with E-state index in [1.54, 1.807) is 0 Å². The summed E-state index contributed by atoms with van der Waals surface area (Å²) in [4.78, 5) is 14.5. The van der Waals surface area contributed by atoms with Gasteiger partial charge in [-0.3, -0.25) is 10.2 Å². The Hall–Kier alpha value is -1.48. The van der Waals surface area contributed by atoms with Gasteiger partial charge in [-0.15, -0.1) is 0 Å². The topological polar surface area (TPSA) is 73.0 Å². The Labute approximate surface area is 131 Å². The molecule has 0 saturated carbocycles. The third kappa shape index (κ3) is 3.83. The lowest BCUT2D eigenvalue weighted by atomic mass is 10.2. The number of hydrazine groups is 1. The summed E-state index contributed by atoms with van der Waals surface area (Å²) in [6, 6.07) is 5.96. The van der Waals surface area contributed by atoms with Gasteiger partial charge in [0.2, 0.25) is 10.0 Å². The largest absolute Gasteiger partial charge is 0.304 e. The Morgan fingerprint density at radius 2 is 1.64 bits per heavy atom. The van der Waals surface area contributed by atoms with E-state index >= 15 is 0 Å². The molecule has 2 rings (SSSR count). The smallest absolute Gasteiger partial charge is 0.265 e. The van der Waals surface area contributed by atoms with Gasteiger partial charge in [0.1, 0.15) is 0 Å². The highest BCUT2D eigenvalue weighted by Gasteiger charge is 2.19. The van der Waals surface area contributed by atoms with E-state index in [4.69, 9.17) is 0 Å². The van der Waals surface area contributed by atoms with Gasteiger partial charge in [-0.25, -0.2) is 17.7 Å². The van der Waals surface area contributed by atoms with Crippen LogP contribution < -0.4 is 5.43 Å². The van der Waals surface area contributed by atoms with Gasteiger partial charge in [-0.1, -0.05) is 0 Å². The van der Waals surface area contributed by atoms with Crippen LogP contribution in [-0.4, -0.2) is 75.9 Å². The van der Waals surface area contributed by atoms with E-state index in [9.17, 15) is 13.2 Å². The van der Waals surface area contributed by atoms with E-state index in [1.807, 2.05) is 12.1 Å². The SMILES string of the molecule is CN1CCN(NC(=O)c2ccc(S(=O)(=O)N(C)C)cc2)CC1. The van der Waals surface area contributed by atoms with E-state index in [-0.39, 0.29) is 10.8 Å². The molecule has 1 aliphatic rings. The lowest BCUT2D eigenvalue weighted by molar-refractivity contribution is 0.0662. The van der Waals surface area contributed by atoms with Gasteiger partial charge in [0.15, 0.2) is 0 Å². The molecular weight excluding hydrogens is 304 g/mol. The van der Waals surface area contributed by atoms with Crippen molar-refractivity contribution in [3.63, 3.8) is 0 Å². The second-order valence-corrected chi connectivity index (χ2v) is 7.69. The van der Waals surface area contributed by atoms with Gasteiger partial charge in [-0.05, 0) is 31.3 Å². The van der Waals surface area contributed by atoms with Gasteiger partial charge in [-0.2, -0.15) is 0 Å². The monoisotopic (exact) mass is 326 g/mol. The molecule has 8 heteroatoms. The molecule has 0 radical (unpaired) electrons. The number of rotatable bonds is 4. The minimum atomic E-state index is -3.47. The zero-order chi connectivity index (χ0) is 16.3. The van der Waals surface area contributed by atoms with Gasteiger partial charge < -0.3 is 4.90 Å². The molecule has 7 nitrogen and oxygen atoms in total. The molecule has 1 fully saturated rings. The number of nitrogens with one attached hydrogen (secondary N) is 1. The number of hydrogen-bond acceptors (Lipinski definition) is 5. The number of benzene rings is 1. The van der Waals surface area contributed by atoms with Crippen molar-refractivity contribution in [2.75, 3.05) is 47.3 Å². The maximum Gasteiger partial charge on any atom is 0.265 e. The van der Waals surface area contributed by atoms with Crippen molar-refractivity contribution < 1.29 is 13.2 Å². The van der Waals surface area contributed by atoms with Crippen LogP contribution in [0.25, 0.3) is 0 Å². The first kappa shape index (κ1) is 16.9. The summed E-state index contributed by atoms with van der Waals surface area (Å²) in [7, 11) is 1.53. The van der Waals surface area contributed by atoms with Crippen molar-refractivity contribution in [1.82, 2.24) is 19.6 Å². The van der Waals surface area contributed by atoms with Crippen LogP contribution in [0.3, 0.4) is 0 Å². The number of likely N-dealkylation sites (N-methyl/N-ethyl adjacent to an activating group) is 1.